The number of carbonyl (C=O) groups is 2. The molecule has 5 aromatic rings. The van der Waals surface area contributed by atoms with Crippen molar-refractivity contribution in [1.29, 1.82) is 0 Å². The minimum absolute atomic E-state index is 0.0723. The van der Waals surface area contributed by atoms with E-state index in [9.17, 15) is 14.7 Å². The summed E-state index contributed by atoms with van der Waals surface area (Å²) in [7, 11) is 0. The Hall–Kier alpha value is -4.48. The van der Waals surface area contributed by atoms with E-state index in [0.29, 0.717) is 36.1 Å². The number of thiazole rings is 2. The molecule has 1 aliphatic rings. The van der Waals surface area contributed by atoms with Gasteiger partial charge in [0.05, 0.1) is 21.7 Å². The van der Waals surface area contributed by atoms with Crippen LogP contribution in [0.5, 0.6) is 11.6 Å². The molecule has 0 saturated carbocycles. The van der Waals surface area contributed by atoms with Crippen molar-refractivity contribution in [2.45, 2.75) is 51.9 Å². The summed E-state index contributed by atoms with van der Waals surface area (Å²) in [6, 6.07) is 21.6. The normalized spacial score (nSPS) is 13.0. The number of hydrogen-bond acceptors (Lipinski definition) is 8. The van der Waals surface area contributed by atoms with E-state index >= 15 is 0 Å². The van der Waals surface area contributed by atoms with Gasteiger partial charge >= 0.3 is 12.2 Å². The fourth-order valence-corrected chi connectivity index (χ4v) is 7.14. The van der Waals surface area contributed by atoms with Crippen LogP contribution < -0.4 is 19.7 Å². The van der Waals surface area contributed by atoms with E-state index in [1.807, 2.05) is 54.6 Å². The number of hydrogen-bond donors (Lipinski definition) is 2. The van der Waals surface area contributed by atoms with Crippen LogP contribution in [0.3, 0.4) is 0 Å². The number of anilines is 2. The zero-order chi connectivity index (χ0) is 31.6. The minimum atomic E-state index is -1.41. The molecule has 1 aliphatic heterocycles. The van der Waals surface area contributed by atoms with Crippen LogP contribution in [0.2, 0.25) is 0 Å². The lowest BCUT2D eigenvalue weighted by Gasteiger charge is -2.29. The topological polar surface area (TPSA) is 114 Å². The molecule has 0 saturated heterocycles. The molecule has 0 atom stereocenters. The highest BCUT2D eigenvalue weighted by Crippen LogP contribution is 2.38. The smallest absolute Gasteiger partial charge is 0.494 e. The van der Waals surface area contributed by atoms with Gasteiger partial charge in [-0.25, -0.2) is 19.6 Å². The molecule has 232 valence electrons. The van der Waals surface area contributed by atoms with Crippen molar-refractivity contribution >= 4 is 55.9 Å². The summed E-state index contributed by atoms with van der Waals surface area (Å²) < 4.78 is 12.0. The van der Waals surface area contributed by atoms with Crippen LogP contribution in [0, 0.1) is 0 Å². The molecule has 6 rings (SSSR count). The van der Waals surface area contributed by atoms with Crippen molar-refractivity contribution in [3.63, 3.8) is 0 Å². The molecule has 2 amide bonds. The van der Waals surface area contributed by atoms with Gasteiger partial charge in [0.25, 0.3) is 0 Å². The Morgan fingerprint density at radius 1 is 1.02 bits per heavy atom. The average Bonchev–Trinajstić information content (AvgIpc) is 3.61. The van der Waals surface area contributed by atoms with Gasteiger partial charge in [0.2, 0.25) is 5.88 Å². The molecule has 2 N–H and O–H groups in total. The third-order valence-corrected chi connectivity index (χ3v) is 9.68. The minimum Gasteiger partial charge on any atom is -0.494 e. The van der Waals surface area contributed by atoms with E-state index in [-0.39, 0.29) is 17.3 Å². The van der Waals surface area contributed by atoms with Gasteiger partial charge in [0.1, 0.15) is 10.8 Å². The van der Waals surface area contributed by atoms with Crippen LogP contribution in [0.4, 0.5) is 20.4 Å². The average molecular weight is 643 g/mol. The number of nitrogens with one attached hydrogen (secondary N) is 1. The standard InChI is InChI=1S/C34H34N4O5S2/c1-34(2,3)23-14-16-24(17-15-23)42-19-7-11-28-29(43-33(40)41)36-30(44-28)22-13-12-21-8-6-18-38(26(21)20-22)32(39)37-31-35-25-9-4-5-10-27(25)45-31/h4-5,9-10,12-17,20H,6-8,11,18-19H2,1-3H3,(H,40,41)(H,35,37,39). The molecule has 9 nitrogen and oxygen atoms in total. The Balaban J connectivity index is 1.16. The molecule has 0 bridgehead atoms. The second kappa shape index (κ2) is 12.9. The molecule has 0 aliphatic carbocycles. The predicted molar refractivity (Wildman–Crippen MR) is 179 cm³/mol. The second-order valence-electron chi connectivity index (χ2n) is 11.9. The number of amides is 2. The van der Waals surface area contributed by atoms with Crippen LogP contribution in [-0.4, -0.2) is 40.4 Å². The summed E-state index contributed by atoms with van der Waals surface area (Å²) in [6.45, 7) is 7.55. The number of aromatic nitrogens is 2. The first-order valence-corrected chi connectivity index (χ1v) is 16.5. The molecule has 0 radical (unpaired) electrons. The lowest BCUT2D eigenvalue weighted by molar-refractivity contribution is 0.142. The van der Waals surface area contributed by atoms with E-state index in [1.54, 1.807) is 4.90 Å². The van der Waals surface area contributed by atoms with Crippen molar-refractivity contribution in [3.8, 4) is 22.2 Å². The fraction of sp³-hybridized carbons (Fsp3) is 0.294. The molecular formula is C34H34N4O5S2. The van der Waals surface area contributed by atoms with Crippen LogP contribution in [0.1, 0.15) is 49.6 Å². The van der Waals surface area contributed by atoms with Crippen molar-refractivity contribution < 1.29 is 24.2 Å². The predicted octanol–water partition coefficient (Wildman–Crippen LogP) is 8.77. The van der Waals surface area contributed by atoms with E-state index < -0.39 is 6.16 Å². The van der Waals surface area contributed by atoms with Crippen LogP contribution in [0.25, 0.3) is 20.8 Å². The number of nitrogens with zero attached hydrogens (tertiary/aromatic N) is 3. The number of benzene rings is 3. The highest BCUT2D eigenvalue weighted by molar-refractivity contribution is 7.22. The molecule has 3 heterocycles. The Morgan fingerprint density at radius 3 is 2.58 bits per heavy atom. The molecule has 45 heavy (non-hydrogen) atoms. The van der Waals surface area contributed by atoms with E-state index in [1.165, 1.54) is 28.2 Å². The molecule has 0 fully saturated rings. The second-order valence-corrected chi connectivity index (χ2v) is 14.0. The van der Waals surface area contributed by atoms with Crippen LogP contribution in [0.15, 0.2) is 66.7 Å². The number of urea groups is 1. The number of carbonyl (C=O) groups excluding carboxylic acids is 1. The molecule has 2 aromatic heterocycles. The Kier molecular flexibility index (Phi) is 8.73. The van der Waals surface area contributed by atoms with Gasteiger partial charge < -0.3 is 14.6 Å². The fourth-order valence-electron chi connectivity index (χ4n) is 5.26. The van der Waals surface area contributed by atoms with Gasteiger partial charge in [-0.2, -0.15) is 0 Å². The van der Waals surface area contributed by atoms with Crippen LogP contribution >= 0.6 is 22.7 Å². The highest BCUT2D eigenvalue weighted by Gasteiger charge is 2.25. The molecule has 11 heteroatoms. The SMILES string of the molecule is CC(C)(C)c1ccc(OCCCc2sc(-c3ccc4c(c3)N(C(=O)Nc3nc5ccccc5s3)CCC4)nc2OC(=O)O)cc1. The van der Waals surface area contributed by atoms with Crippen molar-refractivity contribution in [2.24, 2.45) is 0 Å². The summed E-state index contributed by atoms with van der Waals surface area (Å²) in [5, 5.41) is 13.5. The maximum absolute atomic E-state index is 13.4. The maximum atomic E-state index is 13.4. The maximum Gasteiger partial charge on any atom is 0.512 e. The van der Waals surface area contributed by atoms with E-state index in [0.717, 1.165) is 50.5 Å². The first kappa shape index (κ1) is 30.5. The van der Waals surface area contributed by atoms with Crippen molar-refractivity contribution in [1.82, 2.24) is 9.97 Å². The third kappa shape index (κ3) is 7.10. The molecule has 3 aromatic carbocycles. The molecule has 0 spiro atoms. The number of rotatable bonds is 8. The number of fused-ring (bicyclic) bond motifs is 2. The zero-order valence-corrected chi connectivity index (χ0v) is 27.0. The van der Waals surface area contributed by atoms with E-state index in [2.05, 4.69) is 48.2 Å². The van der Waals surface area contributed by atoms with E-state index in [4.69, 9.17) is 9.47 Å². The first-order valence-electron chi connectivity index (χ1n) is 14.9. The molecule has 0 unspecified atom stereocenters. The van der Waals surface area contributed by atoms with Gasteiger partial charge in [-0.05, 0) is 72.6 Å². The van der Waals surface area contributed by atoms with Crippen LogP contribution in [-0.2, 0) is 18.3 Å². The number of para-hydroxylation sites is 1. The zero-order valence-electron chi connectivity index (χ0n) is 25.3. The molecular weight excluding hydrogens is 609 g/mol. The number of aryl methyl sites for hydroxylation is 2. The quantitative estimate of drug-likeness (QED) is 0.128. The summed E-state index contributed by atoms with van der Waals surface area (Å²) in [5.74, 6) is 0.876. The summed E-state index contributed by atoms with van der Waals surface area (Å²) in [4.78, 5) is 36.4. The van der Waals surface area contributed by atoms with Gasteiger partial charge in [-0.3, -0.25) is 10.2 Å². The monoisotopic (exact) mass is 642 g/mol. The van der Waals surface area contributed by atoms with Gasteiger partial charge in [-0.1, -0.05) is 68.5 Å². The van der Waals surface area contributed by atoms with Gasteiger partial charge in [0.15, 0.2) is 5.13 Å². The summed E-state index contributed by atoms with van der Waals surface area (Å²) in [5.41, 5.74) is 4.82. The highest BCUT2D eigenvalue weighted by atomic mass is 32.1. The Bertz CT molecular complexity index is 1810. The Morgan fingerprint density at radius 2 is 1.82 bits per heavy atom. The number of carboxylic acid groups (broad SMARTS) is 1. The lowest BCUT2D eigenvalue weighted by Crippen LogP contribution is -2.38. The first-order chi connectivity index (χ1) is 21.6. The number of ether oxygens (including phenoxy) is 2. The summed E-state index contributed by atoms with van der Waals surface area (Å²) >= 11 is 2.83. The largest absolute Gasteiger partial charge is 0.512 e. The van der Waals surface area contributed by atoms with Crippen molar-refractivity contribution in [3.05, 3.63) is 82.7 Å². The summed E-state index contributed by atoms with van der Waals surface area (Å²) in [6.07, 6.45) is 1.49. The van der Waals surface area contributed by atoms with Gasteiger partial charge in [0, 0.05) is 17.8 Å². The van der Waals surface area contributed by atoms with Gasteiger partial charge in [-0.15, -0.1) is 11.3 Å². The van der Waals surface area contributed by atoms with Crippen molar-refractivity contribution in [2.75, 3.05) is 23.4 Å². The lowest BCUT2D eigenvalue weighted by atomic mass is 9.87. The Labute approximate surface area is 269 Å². The third-order valence-electron chi connectivity index (χ3n) is 7.59.